The molecule has 0 radical (unpaired) electrons. The van der Waals surface area contributed by atoms with E-state index in [1.165, 1.54) is 0 Å². The Bertz CT molecular complexity index is 1350. The van der Waals surface area contributed by atoms with E-state index in [1.54, 1.807) is 0 Å². The zero-order chi connectivity index (χ0) is 22.5. The lowest BCUT2D eigenvalue weighted by atomic mass is 10.0. The highest BCUT2D eigenvalue weighted by molar-refractivity contribution is 6.12. The molecule has 4 N–H and O–H groups in total. The number of halogens is 3. The smallest absolute Gasteiger partial charge is 0.416 e. The van der Waals surface area contributed by atoms with Crippen LogP contribution in [0.25, 0.3) is 16.7 Å². The fraction of sp³-hybridized carbons (Fsp3) is 0.0500. The van der Waals surface area contributed by atoms with Gasteiger partial charge in [-0.3, -0.25) is 4.79 Å². The minimum Gasteiger partial charge on any atom is -0.508 e. The van der Waals surface area contributed by atoms with E-state index in [-0.39, 0.29) is 33.6 Å². The summed E-state index contributed by atoms with van der Waals surface area (Å²) in [6, 6.07) is 7.84. The molecule has 4 rings (SSSR count). The Morgan fingerprint density at radius 3 is 2.13 bits per heavy atom. The highest BCUT2D eigenvalue weighted by Gasteiger charge is 2.31. The Morgan fingerprint density at radius 1 is 0.774 bits per heavy atom. The van der Waals surface area contributed by atoms with Crippen molar-refractivity contribution in [3.8, 4) is 28.7 Å². The molecule has 158 valence electrons. The molecule has 0 saturated heterocycles. The number of carbonyl (C=O) groups is 1. The molecule has 8 nitrogen and oxygen atoms in total. The Kier molecular flexibility index (Phi) is 4.46. The van der Waals surface area contributed by atoms with Gasteiger partial charge < -0.3 is 20.4 Å². The molecule has 0 amide bonds. The van der Waals surface area contributed by atoms with E-state index < -0.39 is 34.8 Å². The first-order chi connectivity index (χ1) is 14.5. The highest BCUT2D eigenvalue weighted by atomic mass is 19.4. The molecule has 0 aliphatic rings. The van der Waals surface area contributed by atoms with Gasteiger partial charge in [-0.15, -0.1) is 15.0 Å². The first-order valence-corrected chi connectivity index (χ1v) is 8.62. The van der Waals surface area contributed by atoms with Gasteiger partial charge >= 0.3 is 6.18 Å². The van der Waals surface area contributed by atoms with Crippen LogP contribution in [0.3, 0.4) is 0 Å². The van der Waals surface area contributed by atoms with Crippen molar-refractivity contribution in [2.24, 2.45) is 0 Å². The van der Waals surface area contributed by atoms with Crippen molar-refractivity contribution in [2.45, 2.75) is 6.18 Å². The standard InChI is InChI=1S/C20H12F3N3O5/c21-20(22,23)9-1-4-13-14(5-9)25-26(24-13)15-7-12(17(29)8-18(15)30)19(31)11-3-2-10(27)6-16(11)28/h1-8,27-30H. The molecule has 0 atom stereocenters. The maximum absolute atomic E-state index is 12.9. The summed E-state index contributed by atoms with van der Waals surface area (Å²) in [7, 11) is 0. The number of nitrogens with zero attached hydrogens (tertiary/aromatic N) is 3. The van der Waals surface area contributed by atoms with Crippen LogP contribution in [0.4, 0.5) is 13.2 Å². The molecule has 0 bridgehead atoms. The number of phenols is 4. The number of rotatable bonds is 3. The van der Waals surface area contributed by atoms with Crippen LogP contribution in [0.1, 0.15) is 21.5 Å². The molecule has 4 aromatic rings. The van der Waals surface area contributed by atoms with Crippen LogP contribution >= 0.6 is 0 Å². The Hall–Kier alpha value is -4.28. The van der Waals surface area contributed by atoms with Crippen LogP contribution in [0, 0.1) is 0 Å². The Labute approximate surface area is 171 Å². The quantitative estimate of drug-likeness (QED) is 0.366. The van der Waals surface area contributed by atoms with Crippen LogP contribution in [0.5, 0.6) is 23.0 Å². The van der Waals surface area contributed by atoms with Crippen LogP contribution < -0.4 is 0 Å². The van der Waals surface area contributed by atoms with Crippen LogP contribution in [-0.2, 0) is 6.18 Å². The number of carbonyl (C=O) groups excluding carboxylic acids is 1. The Morgan fingerprint density at radius 2 is 1.45 bits per heavy atom. The number of benzene rings is 3. The largest absolute Gasteiger partial charge is 0.508 e. The molecule has 0 aliphatic carbocycles. The predicted octanol–water partition coefficient (Wildman–Crippen LogP) is 3.49. The number of hydrogen-bond acceptors (Lipinski definition) is 7. The fourth-order valence-corrected chi connectivity index (χ4v) is 2.96. The van der Waals surface area contributed by atoms with Gasteiger partial charge in [-0.05, 0) is 36.4 Å². The topological polar surface area (TPSA) is 129 Å². The van der Waals surface area contributed by atoms with Gasteiger partial charge in [0.15, 0.2) is 0 Å². The summed E-state index contributed by atoms with van der Waals surface area (Å²) in [5.41, 5.74) is -1.70. The van der Waals surface area contributed by atoms with E-state index in [0.717, 1.165) is 53.3 Å². The van der Waals surface area contributed by atoms with Gasteiger partial charge in [-0.1, -0.05) is 0 Å². The summed E-state index contributed by atoms with van der Waals surface area (Å²) in [6.07, 6.45) is -4.58. The second-order valence-electron chi connectivity index (χ2n) is 6.58. The minimum atomic E-state index is -4.58. The Balaban J connectivity index is 1.82. The predicted molar refractivity (Wildman–Crippen MR) is 100 cm³/mol. The second kappa shape index (κ2) is 6.90. The molecular weight excluding hydrogens is 419 g/mol. The minimum absolute atomic E-state index is 0.101. The summed E-state index contributed by atoms with van der Waals surface area (Å²) in [5.74, 6) is -2.82. The van der Waals surface area contributed by atoms with Crippen molar-refractivity contribution in [1.82, 2.24) is 15.0 Å². The summed E-state index contributed by atoms with van der Waals surface area (Å²) in [6.45, 7) is 0. The van der Waals surface area contributed by atoms with E-state index in [1.807, 2.05) is 0 Å². The first-order valence-electron chi connectivity index (χ1n) is 8.62. The third-order valence-corrected chi connectivity index (χ3v) is 4.49. The molecule has 31 heavy (non-hydrogen) atoms. The number of aromatic nitrogens is 3. The SMILES string of the molecule is O=C(c1ccc(O)cc1O)c1cc(-n2nc3ccc(C(F)(F)F)cc3n2)c(O)cc1O. The van der Waals surface area contributed by atoms with Gasteiger partial charge in [-0.25, -0.2) is 0 Å². The normalized spacial score (nSPS) is 11.7. The molecule has 1 heterocycles. The monoisotopic (exact) mass is 431 g/mol. The van der Waals surface area contributed by atoms with Crippen LogP contribution in [0.15, 0.2) is 48.5 Å². The summed E-state index contributed by atoms with van der Waals surface area (Å²) >= 11 is 0. The highest BCUT2D eigenvalue weighted by Crippen LogP contribution is 2.34. The van der Waals surface area contributed by atoms with E-state index >= 15 is 0 Å². The maximum Gasteiger partial charge on any atom is 0.416 e. The lowest BCUT2D eigenvalue weighted by Gasteiger charge is -2.10. The van der Waals surface area contributed by atoms with Gasteiger partial charge in [0, 0.05) is 12.1 Å². The number of ketones is 1. The van der Waals surface area contributed by atoms with E-state index in [9.17, 15) is 38.4 Å². The molecule has 11 heteroatoms. The van der Waals surface area contributed by atoms with Crippen molar-refractivity contribution in [2.75, 3.05) is 0 Å². The molecule has 0 fully saturated rings. The van der Waals surface area contributed by atoms with Gasteiger partial charge in [-0.2, -0.15) is 13.2 Å². The third-order valence-electron chi connectivity index (χ3n) is 4.49. The summed E-state index contributed by atoms with van der Waals surface area (Å²) in [4.78, 5) is 13.6. The molecule has 0 saturated carbocycles. The number of alkyl halides is 3. The maximum atomic E-state index is 12.9. The van der Waals surface area contributed by atoms with E-state index in [0.29, 0.717) is 0 Å². The molecule has 0 aliphatic heterocycles. The molecule has 1 aromatic heterocycles. The molecule has 0 unspecified atom stereocenters. The van der Waals surface area contributed by atoms with Crippen molar-refractivity contribution in [3.63, 3.8) is 0 Å². The van der Waals surface area contributed by atoms with E-state index in [4.69, 9.17) is 0 Å². The van der Waals surface area contributed by atoms with Gasteiger partial charge in [0.1, 0.15) is 39.7 Å². The lowest BCUT2D eigenvalue weighted by Crippen LogP contribution is -2.06. The van der Waals surface area contributed by atoms with Crippen molar-refractivity contribution >= 4 is 16.8 Å². The molecule has 3 aromatic carbocycles. The molecular formula is C20H12F3N3O5. The molecule has 0 spiro atoms. The van der Waals surface area contributed by atoms with Crippen molar-refractivity contribution in [1.29, 1.82) is 0 Å². The van der Waals surface area contributed by atoms with Crippen molar-refractivity contribution < 1.29 is 38.4 Å². The first kappa shape index (κ1) is 20.0. The van der Waals surface area contributed by atoms with Gasteiger partial charge in [0.05, 0.1) is 16.7 Å². The van der Waals surface area contributed by atoms with Gasteiger partial charge in [0.2, 0.25) is 5.78 Å². The zero-order valence-corrected chi connectivity index (χ0v) is 15.3. The summed E-state index contributed by atoms with van der Waals surface area (Å²) in [5, 5.41) is 47.5. The van der Waals surface area contributed by atoms with E-state index in [2.05, 4.69) is 10.2 Å². The second-order valence-corrected chi connectivity index (χ2v) is 6.58. The summed E-state index contributed by atoms with van der Waals surface area (Å²) < 4.78 is 38.8. The van der Waals surface area contributed by atoms with Crippen LogP contribution in [-0.4, -0.2) is 41.2 Å². The number of hydrogen-bond donors (Lipinski definition) is 4. The average Bonchev–Trinajstić information content (AvgIpc) is 3.10. The number of fused-ring (bicyclic) bond motifs is 1. The van der Waals surface area contributed by atoms with Crippen molar-refractivity contribution in [3.05, 3.63) is 65.2 Å². The average molecular weight is 431 g/mol. The van der Waals surface area contributed by atoms with Gasteiger partial charge in [0.25, 0.3) is 0 Å². The third kappa shape index (κ3) is 3.56. The lowest BCUT2D eigenvalue weighted by molar-refractivity contribution is -0.137. The fourth-order valence-electron chi connectivity index (χ4n) is 2.96. The zero-order valence-electron chi connectivity index (χ0n) is 15.3. The number of aromatic hydroxyl groups is 4. The van der Waals surface area contributed by atoms with Crippen LogP contribution in [0.2, 0.25) is 0 Å². The number of phenolic OH excluding ortho intramolecular Hbond substituents is 4.